The number of hydrogen-bond acceptors (Lipinski definition) is 8. The molecule has 44 heavy (non-hydrogen) atoms. The molecule has 4 aromatic heterocycles. The van der Waals surface area contributed by atoms with Crippen molar-refractivity contribution in [1.29, 1.82) is 0 Å². The summed E-state index contributed by atoms with van der Waals surface area (Å²) in [6, 6.07) is 7.96. The summed E-state index contributed by atoms with van der Waals surface area (Å²) in [5.74, 6) is -2.71. The summed E-state index contributed by atoms with van der Waals surface area (Å²) >= 11 is 0. The van der Waals surface area contributed by atoms with E-state index in [4.69, 9.17) is 4.98 Å². The van der Waals surface area contributed by atoms with E-state index in [1.807, 2.05) is 0 Å². The number of nitrogens with zero attached hydrogens (tertiary/aromatic N) is 7. The smallest absolute Gasteiger partial charge is 0.452 e. The van der Waals surface area contributed by atoms with E-state index < -0.39 is 40.3 Å². The third-order valence-electron chi connectivity index (χ3n) is 8.46. The van der Waals surface area contributed by atoms with E-state index in [1.54, 1.807) is 44.3 Å². The number of carboxylic acid groups (broad SMARTS) is 1. The van der Waals surface area contributed by atoms with E-state index in [-0.39, 0.29) is 29.7 Å². The fourth-order valence-corrected chi connectivity index (χ4v) is 7.81. The first-order valence-corrected chi connectivity index (χ1v) is 15.6. The molecule has 2 aliphatic rings. The van der Waals surface area contributed by atoms with Gasteiger partial charge in [0, 0.05) is 43.1 Å². The maximum Gasteiger partial charge on any atom is 0.452 e. The van der Waals surface area contributed by atoms with E-state index in [1.165, 1.54) is 16.6 Å². The van der Waals surface area contributed by atoms with Crippen LogP contribution >= 0.6 is 0 Å². The molecule has 2 atom stereocenters. The van der Waals surface area contributed by atoms with E-state index in [0.29, 0.717) is 40.4 Å². The molecule has 1 fully saturated rings. The van der Waals surface area contributed by atoms with Crippen LogP contribution in [0.25, 0.3) is 5.65 Å². The summed E-state index contributed by atoms with van der Waals surface area (Å²) in [4.78, 5) is 23.4. The molecule has 6 heterocycles. The van der Waals surface area contributed by atoms with Crippen LogP contribution in [0.1, 0.15) is 65.5 Å². The summed E-state index contributed by atoms with van der Waals surface area (Å²) in [6.45, 7) is 4.28. The van der Waals surface area contributed by atoms with Gasteiger partial charge in [-0.2, -0.15) is 17.5 Å². The third-order valence-corrected chi connectivity index (χ3v) is 10.3. The van der Waals surface area contributed by atoms with Crippen LogP contribution in [0.15, 0.2) is 47.6 Å². The van der Waals surface area contributed by atoms with Crippen LogP contribution in [0.5, 0.6) is 0 Å². The van der Waals surface area contributed by atoms with E-state index >= 15 is 0 Å². The van der Waals surface area contributed by atoms with E-state index in [9.17, 15) is 31.5 Å². The number of sulfonamides is 1. The van der Waals surface area contributed by atoms with Crippen molar-refractivity contribution < 1.29 is 31.5 Å². The quantitative estimate of drug-likeness (QED) is 0.331. The number of alkyl halides is 3. The number of anilines is 1. The minimum Gasteiger partial charge on any atom is -0.481 e. The minimum absolute atomic E-state index is 0.0440. The molecule has 0 bridgehead atoms. The van der Waals surface area contributed by atoms with E-state index in [0.717, 1.165) is 23.7 Å². The van der Waals surface area contributed by atoms with Crippen molar-refractivity contribution in [2.45, 2.75) is 69.1 Å². The molecule has 11 nitrogen and oxygen atoms in total. The molecule has 0 unspecified atom stereocenters. The highest BCUT2D eigenvalue weighted by Gasteiger charge is 2.40. The van der Waals surface area contributed by atoms with Gasteiger partial charge in [-0.1, -0.05) is 6.07 Å². The number of carboxylic acids is 1. The summed E-state index contributed by atoms with van der Waals surface area (Å²) in [6.07, 6.45) is 0.380. The van der Waals surface area contributed by atoms with Crippen LogP contribution in [0.2, 0.25) is 0 Å². The highest BCUT2D eigenvalue weighted by molar-refractivity contribution is 7.89. The van der Waals surface area contributed by atoms with Gasteiger partial charge in [-0.05, 0) is 74.1 Å². The molecule has 0 spiro atoms. The topological polar surface area (TPSA) is 134 Å². The number of piperidine rings is 1. The standard InChI is InChI=1S/C29H30F3N7O4S/c1-17-8-9-22(21(14-25(40)41)20-10-13-39-26(18(20)2)35-36-28(39)29(30,31)32)34-23(17)16-37-15-19-6-3-4-12-38(19)27-24(44(37,42)43)7-5-11-33-27/h5,7-11,13,19,21H,3-4,6,12,14-16H2,1-2H3,(H,40,41)/t19-,21+/m0/s1. The summed E-state index contributed by atoms with van der Waals surface area (Å²) in [7, 11) is -3.95. The SMILES string of the molecule is Cc1ccc([C@H](CC(=O)O)c2ccn3c(C(F)(F)F)nnc3c2C)nc1CN1C[C@@H]2CCCCN2c2ncccc2S1(=O)=O. The van der Waals surface area contributed by atoms with Crippen LogP contribution < -0.4 is 4.90 Å². The van der Waals surface area contributed by atoms with Gasteiger partial charge in [-0.3, -0.25) is 14.2 Å². The maximum atomic E-state index is 14.0. The molecule has 232 valence electrons. The number of halogens is 3. The van der Waals surface area contributed by atoms with Crippen LogP contribution in [0, 0.1) is 13.8 Å². The largest absolute Gasteiger partial charge is 0.481 e. The van der Waals surface area contributed by atoms with Crippen LogP contribution in [-0.4, -0.2) is 67.5 Å². The minimum atomic E-state index is -4.72. The fourth-order valence-electron chi connectivity index (χ4n) is 6.22. The van der Waals surface area contributed by atoms with Gasteiger partial charge in [0.05, 0.1) is 18.7 Å². The first-order chi connectivity index (χ1) is 20.9. The maximum absolute atomic E-state index is 14.0. The van der Waals surface area contributed by atoms with Crippen molar-refractivity contribution in [3.05, 3.63) is 76.6 Å². The third kappa shape index (κ3) is 5.27. The molecule has 15 heteroatoms. The second kappa shape index (κ2) is 11.1. The predicted molar refractivity (Wildman–Crippen MR) is 153 cm³/mol. The number of hydrogen-bond donors (Lipinski definition) is 1. The lowest BCUT2D eigenvalue weighted by Gasteiger charge is -2.36. The molecule has 0 amide bonds. The molecular weight excluding hydrogens is 599 g/mol. The van der Waals surface area contributed by atoms with Crippen molar-refractivity contribution in [3.8, 4) is 0 Å². The Morgan fingerprint density at radius 1 is 1.14 bits per heavy atom. The number of aromatic nitrogens is 5. The van der Waals surface area contributed by atoms with Crippen LogP contribution in [0.4, 0.5) is 19.0 Å². The monoisotopic (exact) mass is 629 g/mol. The Morgan fingerprint density at radius 3 is 2.68 bits per heavy atom. The predicted octanol–water partition coefficient (Wildman–Crippen LogP) is 4.32. The van der Waals surface area contributed by atoms with Gasteiger partial charge < -0.3 is 10.0 Å². The van der Waals surface area contributed by atoms with Gasteiger partial charge in [0.1, 0.15) is 10.7 Å². The van der Waals surface area contributed by atoms with Gasteiger partial charge >= 0.3 is 12.1 Å². The zero-order chi connectivity index (χ0) is 31.4. The molecule has 2 aliphatic heterocycles. The average molecular weight is 630 g/mol. The van der Waals surface area contributed by atoms with Crippen LogP contribution in [0.3, 0.4) is 0 Å². The van der Waals surface area contributed by atoms with Gasteiger partial charge in [0.15, 0.2) is 5.65 Å². The second-order valence-electron chi connectivity index (χ2n) is 11.2. The second-order valence-corrected chi connectivity index (χ2v) is 13.1. The number of fused-ring (bicyclic) bond motifs is 4. The lowest BCUT2D eigenvalue weighted by atomic mass is 9.89. The average Bonchev–Trinajstić information content (AvgIpc) is 3.40. The molecule has 6 rings (SSSR count). The Bertz CT molecular complexity index is 1860. The molecule has 0 saturated carbocycles. The molecular formula is C29H30F3N7O4S. The number of pyridine rings is 3. The molecule has 0 aromatic carbocycles. The Hall–Kier alpha value is -4.11. The number of aryl methyl sites for hydroxylation is 2. The molecule has 1 saturated heterocycles. The van der Waals surface area contributed by atoms with Crippen molar-refractivity contribution in [2.75, 3.05) is 18.0 Å². The van der Waals surface area contributed by atoms with Crippen molar-refractivity contribution in [2.24, 2.45) is 0 Å². The first-order valence-electron chi connectivity index (χ1n) is 14.2. The van der Waals surface area contributed by atoms with Gasteiger partial charge in [-0.15, -0.1) is 10.2 Å². The van der Waals surface area contributed by atoms with E-state index in [2.05, 4.69) is 20.1 Å². The zero-order valence-electron chi connectivity index (χ0n) is 24.0. The number of carbonyl (C=O) groups is 1. The summed E-state index contributed by atoms with van der Waals surface area (Å²) in [5, 5.41) is 16.8. The van der Waals surface area contributed by atoms with Gasteiger partial charge in [0.2, 0.25) is 15.8 Å². The molecule has 4 aromatic rings. The summed E-state index contributed by atoms with van der Waals surface area (Å²) < 4.78 is 70.5. The summed E-state index contributed by atoms with van der Waals surface area (Å²) in [5.41, 5.74) is 2.25. The zero-order valence-corrected chi connectivity index (χ0v) is 24.8. The van der Waals surface area contributed by atoms with Crippen molar-refractivity contribution in [3.63, 3.8) is 0 Å². The normalized spacial score (nSPS) is 19.3. The lowest BCUT2D eigenvalue weighted by Crippen LogP contribution is -2.45. The van der Waals surface area contributed by atoms with Gasteiger partial charge in [0.25, 0.3) is 0 Å². The Kier molecular flexibility index (Phi) is 7.56. The Labute approximate surface area is 251 Å². The van der Waals surface area contributed by atoms with Crippen molar-refractivity contribution in [1.82, 2.24) is 28.9 Å². The molecule has 0 aliphatic carbocycles. The fraction of sp³-hybridized carbons (Fsp3) is 0.414. The Balaban J connectivity index is 1.40. The Morgan fingerprint density at radius 2 is 1.93 bits per heavy atom. The number of aliphatic carboxylic acids is 1. The highest BCUT2D eigenvalue weighted by Crippen LogP contribution is 2.37. The van der Waals surface area contributed by atoms with Crippen LogP contribution in [-0.2, 0) is 27.5 Å². The number of rotatable bonds is 6. The lowest BCUT2D eigenvalue weighted by molar-refractivity contribution is -0.145. The highest BCUT2D eigenvalue weighted by atomic mass is 32.2. The van der Waals surface area contributed by atoms with Crippen molar-refractivity contribution >= 4 is 27.5 Å². The molecule has 0 radical (unpaired) electrons. The first kappa shape index (κ1) is 29.9. The van der Waals surface area contributed by atoms with Gasteiger partial charge in [-0.25, -0.2) is 13.4 Å². The molecule has 1 N–H and O–H groups in total.